The third-order valence-electron chi connectivity index (χ3n) is 2.10. The molecule has 2 unspecified atom stereocenters. The minimum Gasteiger partial charge on any atom is -0.481 e. The molecule has 1 fully saturated rings. The van der Waals surface area contributed by atoms with Crippen LogP contribution in [-0.4, -0.2) is 41.5 Å². The van der Waals surface area contributed by atoms with Crippen LogP contribution in [0.15, 0.2) is 0 Å². The lowest BCUT2D eigenvalue weighted by Gasteiger charge is -2.16. The number of rotatable bonds is 4. The molecule has 0 aliphatic carbocycles. The molecule has 8 nitrogen and oxygen atoms in total. The van der Waals surface area contributed by atoms with Gasteiger partial charge in [-0.15, -0.1) is 0 Å². The Hall–Kier alpha value is -2.12. The third kappa shape index (κ3) is 2.69. The van der Waals surface area contributed by atoms with Gasteiger partial charge in [-0.2, -0.15) is 0 Å². The lowest BCUT2D eigenvalue weighted by molar-refractivity contribution is -0.144. The molecule has 1 saturated heterocycles. The molecule has 1 rings (SSSR count). The fourth-order valence-corrected chi connectivity index (χ4v) is 1.32. The van der Waals surface area contributed by atoms with Gasteiger partial charge in [-0.3, -0.25) is 19.7 Å². The van der Waals surface area contributed by atoms with Crippen molar-refractivity contribution in [2.75, 3.05) is 6.54 Å². The van der Waals surface area contributed by atoms with Crippen LogP contribution in [0, 0.1) is 5.92 Å². The Morgan fingerprint density at radius 2 is 2.12 bits per heavy atom. The van der Waals surface area contributed by atoms with Gasteiger partial charge in [-0.1, -0.05) is 0 Å². The molecule has 4 amide bonds. The number of carboxylic acid groups (broad SMARTS) is 1. The Morgan fingerprint density at radius 3 is 2.50 bits per heavy atom. The summed E-state index contributed by atoms with van der Waals surface area (Å²) >= 11 is 0. The van der Waals surface area contributed by atoms with Crippen LogP contribution in [0.2, 0.25) is 0 Å². The first kappa shape index (κ1) is 12.0. The number of amides is 4. The average Bonchev–Trinajstić information content (AvgIpc) is 2.45. The van der Waals surface area contributed by atoms with E-state index in [4.69, 9.17) is 5.11 Å². The molecule has 0 aromatic rings. The molecule has 0 aromatic heterocycles. The maximum Gasteiger partial charge on any atom is 0.322 e. The fourth-order valence-electron chi connectivity index (χ4n) is 1.32. The van der Waals surface area contributed by atoms with Crippen LogP contribution >= 0.6 is 0 Å². The number of aliphatic carboxylic acids is 1. The molecule has 0 bridgehead atoms. The highest BCUT2D eigenvalue weighted by Crippen LogP contribution is 2.07. The summed E-state index contributed by atoms with van der Waals surface area (Å²) in [5.41, 5.74) is 0. The summed E-state index contributed by atoms with van der Waals surface area (Å²) in [6.45, 7) is 1.01. The van der Waals surface area contributed by atoms with Crippen molar-refractivity contribution in [1.29, 1.82) is 0 Å². The number of nitrogens with one attached hydrogen (secondary N) is 3. The van der Waals surface area contributed by atoms with Gasteiger partial charge in [0.1, 0.15) is 12.0 Å². The number of imide groups is 1. The van der Waals surface area contributed by atoms with Crippen LogP contribution in [0.25, 0.3) is 0 Å². The topological polar surface area (TPSA) is 125 Å². The second-order valence-electron chi connectivity index (χ2n) is 3.32. The third-order valence-corrected chi connectivity index (χ3v) is 2.10. The standard InChI is InChI=1S/C8H11N3O5/c1-3(12)9-2-4(7(14)15)5-6(13)11-8(16)10-5/h4-5H,2H2,1H3,(H,9,12)(H,14,15)(H2,10,11,13,16). The van der Waals surface area contributed by atoms with E-state index in [9.17, 15) is 19.2 Å². The Kier molecular flexibility index (Phi) is 3.44. The molecule has 0 aromatic carbocycles. The summed E-state index contributed by atoms with van der Waals surface area (Å²) in [6, 6.07) is -1.89. The molecule has 2 atom stereocenters. The number of carbonyl (C=O) groups excluding carboxylic acids is 3. The summed E-state index contributed by atoms with van der Waals surface area (Å²) in [5, 5.41) is 15.3. The maximum atomic E-state index is 11.2. The minimum absolute atomic E-state index is 0.219. The normalized spacial score (nSPS) is 20.9. The van der Waals surface area contributed by atoms with Gasteiger partial charge in [0.2, 0.25) is 5.91 Å². The van der Waals surface area contributed by atoms with E-state index in [0.717, 1.165) is 0 Å². The molecule has 1 heterocycles. The summed E-state index contributed by atoms with van der Waals surface area (Å²) in [4.78, 5) is 43.5. The lowest BCUT2D eigenvalue weighted by atomic mass is 10.00. The first-order valence-electron chi connectivity index (χ1n) is 4.50. The molecule has 16 heavy (non-hydrogen) atoms. The predicted octanol–water partition coefficient (Wildman–Crippen LogP) is -1.97. The lowest BCUT2D eigenvalue weighted by Crippen LogP contribution is -2.46. The number of hydrogen-bond donors (Lipinski definition) is 4. The van der Waals surface area contributed by atoms with Gasteiger partial charge in [-0.05, 0) is 0 Å². The summed E-state index contributed by atoms with van der Waals surface area (Å²) in [7, 11) is 0. The maximum absolute atomic E-state index is 11.2. The monoisotopic (exact) mass is 229 g/mol. The molecular formula is C8H11N3O5. The summed E-state index contributed by atoms with van der Waals surface area (Å²) in [6.07, 6.45) is 0. The Morgan fingerprint density at radius 1 is 1.50 bits per heavy atom. The SMILES string of the molecule is CC(=O)NCC(C(=O)O)C1NC(=O)NC1=O. The van der Waals surface area contributed by atoms with E-state index < -0.39 is 35.8 Å². The fraction of sp³-hybridized carbons (Fsp3) is 0.500. The molecule has 88 valence electrons. The van der Waals surface area contributed by atoms with E-state index in [1.165, 1.54) is 6.92 Å². The van der Waals surface area contributed by atoms with Crippen molar-refractivity contribution in [2.45, 2.75) is 13.0 Å². The first-order chi connectivity index (χ1) is 7.41. The van der Waals surface area contributed by atoms with Crippen molar-refractivity contribution < 1.29 is 24.3 Å². The Bertz CT molecular complexity index is 354. The van der Waals surface area contributed by atoms with Gasteiger partial charge in [-0.25, -0.2) is 4.79 Å². The predicted molar refractivity (Wildman–Crippen MR) is 50.3 cm³/mol. The highest BCUT2D eigenvalue weighted by atomic mass is 16.4. The molecule has 1 aliphatic rings. The molecule has 0 saturated carbocycles. The summed E-state index contributed by atoms with van der Waals surface area (Å²) < 4.78 is 0. The van der Waals surface area contributed by atoms with E-state index >= 15 is 0 Å². The van der Waals surface area contributed by atoms with Crippen LogP contribution < -0.4 is 16.0 Å². The quantitative estimate of drug-likeness (QED) is 0.416. The van der Waals surface area contributed by atoms with Gasteiger partial charge < -0.3 is 15.7 Å². The number of urea groups is 1. The van der Waals surface area contributed by atoms with Crippen LogP contribution in [0.4, 0.5) is 4.79 Å². The zero-order chi connectivity index (χ0) is 12.3. The molecule has 1 aliphatic heterocycles. The van der Waals surface area contributed by atoms with Gasteiger partial charge in [0.05, 0.1) is 0 Å². The summed E-state index contributed by atoms with van der Waals surface area (Å²) in [5.74, 6) is -3.56. The molecule has 8 heteroatoms. The zero-order valence-electron chi connectivity index (χ0n) is 8.44. The van der Waals surface area contributed by atoms with Gasteiger partial charge >= 0.3 is 12.0 Å². The van der Waals surface area contributed by atoms with Gasteiger partial charge in [0.15, 0.2) is 0 Å². The van der Waals surface area contributed by atoms with Crippen molar-refractivity contribution in [2.24, 2.45) is 5.92 Å². The van der Waals surface area contributed by atoms with E-state index in [1.54, 1.807) is 0 Å². The highest BCUT2D eigenvalue weighted by Gasteiger charge is 2.40. The van der Waals surface area contributed by atoms with Crippen molar-refractivity contribution in [3.8, 4) is 0 Å². The molecule has 0 spiro atoms. The van der Waals surface area contributed by atoms with E-state index in [2.05, 4.69) is 10.6 Å². The largest absolute Gasteiger partial charge is 0.481 e. The minimum atomic E-state index is -1.27. The zero-order valence-corrected chi connectivity index (χ0v) is 8.44. The Balaban J connectivity index is 2.70. The second-order valence-corrected chi connectivity index (χ2v) is 3.32. The number of carbonyl (C=O) groups is 4. The Labute approximate surface area is 90.4 Å². The van der Waals surface area contributed by atoms with Crippen LogP contribution in [0.3, 0.4) is 0 Å². The van der Waals surface area contributed by atoms with Crippen molar-refractivity contribution in [3.63, 3.8) is 0 Å². The highest BCUT2D eigenvalue weighted by molar-refractivity contribution is 6.05. The van der Waals surface area contributed by atoms with E-state index in [0.29, 0.717) is 0 Å². The van der Waals surface area contributed by atoms with E-state index in [1.807, 2.05) is 5.32 Å². The average molecular weight is 229 g/mol. The van der Waals surface area contributed by atoms with Crippen LogP contribution in [0.5, 0.6) is 0 Å². The van der Waals surface area contributed by atoms with E-state index in [-0.39, 0.29) is 6.54 Å². The number of hydrogen-bond acceptors (Lipinski definition) is 4. The smallest absolute Gasteiger partial charge is 0.322 e. The van der Waals surface area contributed by atoms with Crippen LogP contribution in [0.1, 0.15) is 6.92 Å². The van der Waals surface area contributed by atoms with Crippen LogP contribution in [-0.2, 0) is 14.4 Å². The van der Waals surface area contributed by atoms with Crippen molar-refractivity contribution in [1.82, 2.24) is 16.0 Å². The second kappa shape index (κ2) is 4.60. The first-order valence-corrected chi connectivity index (χ1v) is 4.50. The molecule has 4 N–H and O–H groups in total. The van der Waals surface area contributed by atoms with Gasteiger partial charge in [0, 0.05) is 13.5 Å². The van der Waals surface area contributed by atoms with Gasteiger partial charge in [0.25, 0.3) is 5.91 Å². The van der Waals surface area contributed by atoms with Crippen molar-refractivity contribution in [3.05, 3.63) is 0 Å². The number of carboxylic acids is 1. The van der Waals surface area contributed by atoms with Crippen molar-refractivity contribution >= 4 is 23.8 Å². The molecular weight excluding hydrogens is 218 g/mol. The molecule has 0 radical (unpaired) electrons.